The Morgan fingerprint density at radius 3 is 2.71 bits per heavy atom. The van der Waals surface area contributed by atoms with Crippen molar-refractivity contribution in [3.63, 3.8) is 0 Å². The summed E-state index contributed by atoms with van der Waals surface area (Å²) in [5.74, 6) is 0.251. The van der Waals surface area contributed by atoms with Gasteiger partial charge in [0.25, 0.3) is 5.56 Å². The van der Waals surface area contributed by atoms with E-state index in [1.54, 1.807) is 6.20 Å². The number of halogens is 1. The predicted molar refractivity (Wildman–Crippen MR) is 116 cm³/mol. The molecule has 0 radical (unpaired) electrons. The quantitative estimate of drug-likeness (QED) is 0.537. The van der Waals surface area contributed by atoms with E-state index < -0.39 is 5.54 Å². The summed E-state index contributed by atoms with van der Waals surface area (Å²) in [5.41, 5.74) is 0.815. The van der Waals surface area contributed by atoms with Crippen molar-refractivity contribution < 1.29 is 18.9 Å². The Kier molecular flexibility index (Phi) is 8.43. The molecule has 0 N–H and O–H groups in total. The van der Waals surface area contributed by atoms with Crippen LogP contribution >= 0.6 is 11.6 Å². The number of hydrogen-bond acceptors (Lipinski definition) is 7. The van der Waals surface area contributed by atoms with E-state index in [2.05, 4.69) is 10.1 Å². The van der Waals surface area contributed by atoms with Crippen LogP contribution in [0.3, 0.4) is 0 Å². The third-order valence-corrected chi connectivity index (χ3v) is 5.07. The molecule has 1 fully saturated rings. The van der Waals surface area contributed by atoms with Crippen LogP contribution in [0, 0.1) is 0 Å². The molecule has 0 aliphatic carbocycles. The molecule has 1 unspecified atom stereocenters. The van der Waals surface area contributed by atoms with Gasteiger partial charge in [0.2, 0.25) is 0 Å². The highest BCUT2D eigenvalue weighted by atomic mass is 35.5. The van der Waals surface area contributed by atoms with Gasteiger partial charge in [0, 0.05) is 18.4 Å². The van der Waals surface area contributed by atoms with Gasteiger partial charge >= 0.3 is 0 Å². The Morgan fingerprint density at radius 1 is 1.19 bits per heavy atom. The number of ether oxygens (including phenoxy) is 4. The molecule has 31 heavy (non-hydrogen) atoms. The number of pyridine rings is 1. The maximum atomic E-state index is 12.4. The van der Waals surface area contributed by atoms with Crippen molar-refractivity contribution >= 4 is 11.6 Å². The number of hydrogen-bond donors (Lipinski definition) is 0. The first kappa shape index (κ1) is 23.7. The van der Waals surface area contributed by atoms with Crippen molar-refractivity contribution in [1.29, 1.82) is 0 Å². The van der Waals surface area contributed by atoms with Gasteiger partial charge in [-0.1, -0.05) is 17.7 Å². The van der Waals surface area contributed by atoms with Crippen LogP contribution in [-0.4, -0.2) is 40.9 Å². The second-order valence-electron chi connectivity index (χ2n) is 8.38. The van der Waals surface area contributed by atoms with Gasteiger partial charge < -0.3 is 18.9 Å². The van der Waals surface area contributed by atoms with E-state index in [0.29, 0.717) is 19.8 Å². The van der Waals surface area contributed by atoms with Crippen LogP contribution in [-0.2, 0) is 33.0 Å². The molecule has 1 aliphatic rings. The van der Waals surface area contributed by atoms with E-state index in [1.807, 2.05) is 32.9 Å². The largest absolute Gasteiger partial charge is 0.485 e. The number of rotatable bonds is 9. The van der Waals surface area contributed by atoms with Crippen molar-refractivity contribution in [2.24, 2.45) is 0 Å². The van der Waals surface area contributed by atoms with Crippen LogP contribution in [0.25, 0.3) is 0 Å². The van der Waals surface area contributed by atoms with E-state index in [4.69, 9.17) is 30.5 Å². The summed E-state index contributed by atoms with van der Waals surface area (Å²) in [6, 6.07) is 3.77. The average molecular weight is 452 g/mol. The lowest BCUT2D eigenvalue weighted by Gasteiger charge is -2.22. The maximum absolute atomic E-state index is 12.4. The van der Waals surface area contributed by atoms with Gasteiger partial charge in [-0.15, -0.1) is 0 Å². The molecule has 3 rings (SSSR count). The van der Waals surface area contributed by atoms with Crippen molar-refractivity contribution in [3.8, 4) is 5.75 Å². The molecule has 0 spiro atoms. The molecule has 0 aromatic carbocycles. The maximum Gasteiger partial charge on any atom is 0.289 e. The highest BCUT2D eigenvalue weighted by molar-refractivity contribution is 6.31. The smallest absolute Gasteiger partial charge is 0.289 e. The van der Waals surface area contributed by atoms with Gasteiger partial charge in [-0.05, 0) is 46.1 Å². The lowest BCUT2D eigenvalue weighted by Crippen LogP contribution is -2.36. The molecule has 1 atom stereocenters. The molecule has 9 heteroatoms. The topological polar surface area (TPSA) is 84.7 Å². The highest BCUT2D eigenvalue weighted by Crippen LogP contribution is 2.21. The Morgan fingerprint density at radius 2 is 2.03 bits per heavy atom. The van der Waals surface area contributed by atoms with E-state index >= 15 is 0 Å². The van der Waals surface area contributed by atoms with E-state index in [0.717, 1.165) is 37.1 Å². The molecule has 1 aliphatic heterocycles. The van der Waals surface area contributed by atoms with Gasteiger partial charge in [-0.2, -0.15) is 5.10 Å². The van der Waals surface area contributed by atoms with Crippen LogP contribution in [0.5, 0.6) is 5.75 Å². The Labute approximate surface area is 187 Å². The van der Waals surface area contributed by atoms with Gasteiger partial charge in [0.15, 0.2) is 17.1 Å². The zero-order valence-corrected chi connectivity index (χ0v) is 19.1. The number of aromatic nitrogens is 3. The molecular weight excluding hydrogens is 422 g/mol. The van der Waals surface area contributed by atoms with Crippen LogP contribution in [0.4, 0.5) is 0 Å². The first-order valence-electron chi connectivity index (χ1n) is 10.5. The minimum absolute atomic E-state index is 0.0174. The Bertz CT molecular complexity index is 889. The van der Waals surface area contributed by atoms with E-state index in [1.165, 1.54) is 10.9 Å². The monoisotopic (exact) mass is 451 g/mol. The first-order valence-corrected chi connectivity index (χ1v) is 10.9. The molecular formula is C22H30ClN3O5. The molecule has 2 aromatic rings. The summed E-state index contributed by atoms with van der Waals surface area (Å²) < 4.78 is 23.8. The molecule has 8 nitrogen and oxygen atoms in total. The minimum atomic E-state index is -0.461. The molecule has 3 heterocycles. The summed E-state index contributed by atoms with van der Waals surface area (Å²) in [4.78, 5) is 16.8. The fourth-order valence-electron chi connectivity index (χ4n) is 3.04. The van der Waals surface area contributed by atoms with Crippen molar-refractivity contribution in [1.82, 2.24) is 14.8 Å². The third-order valence-electron chi connectivity index (χ3n) is 4.72. The second-order valence-corrected chi connectivity index (χ2v) is 8.75. The molecule has 2 aromatic heterocycles. The van der Waals surface area contributed by atoms with Gasteiger partial charge in [0.1, 0.15) is 6.61 Å². The standard InChI is InChI=1S/C22H30ClN3O5/c1-22(2,3)26-21(27)20(23)18(13-25-26)31-14-16-7-8-17(24-12-16)15-28-10-11-30-19-6-4-5-9-29-19/h7-8,12-13,19H,4-6,9-11,14-15H2,1-3H3. The first-order chi connectivity index (χ1) is 14.8. The zero-order chi connectivity index (χ0) is 22.3. The Balaban J connectivity index is 1.42. The van der Waals surface area contributed by atoms with E-state index in [-0.39, 0.29) is 29.2 Å². The minimum Gasteiger partial charge on any atom is -0.485 e. The zero-order valence-electron chi connectivity index (χ0n) is 18.3. The van der Waals surface area contributed by atoms with Gasteiger partial charge in [0.05, 0.1) is 37.3 Å². The highest BCUT2D eigenvalue weighted by Gasteiger charge is 2.20. The molecule has 170 valence electrons. The van der Waals surface area contributed by atoms with Crippen molar-refractivity contribution in [2.75, 3.05) is 19.8 Å². The summed E-state index contributed by atoms with van der Waals surface area (Å²) in [5, 5.41) is 4.18. The normalized spacial score (nSPS) is 17.0. The van der Waals surface area contributed by atoms with Crippen LogP contribution in [0.15, 0.2) is 29.3 Å². The predicted octanol–water partition coefficient (Wildman–Crippen LogP) is 3.69. The number of nitrogens with zero attached hydrogens (tertiary/aromatic N) is 3. The lowest BCUT2D eigenvalue weighted by atomic mass is 10.1. The average Bonchev–Trinajstić information content (AvgIpc) is 2.75. The van der Waals surface area contributed by atoms with Crippen LogP contribution in [0.1, 0.15) is 51.3 Å². The Hall–Kier alpha value is -2.00. The lowest BCUT2D eigenvalue weighted by molar-refractivity contribution is -0.169. The van der Waals surface area contributed by atoms with Crippen molar-refractivity contribution in [3.05, 3.63) is 51.2 Å². The summed E-state index contributed by atoms with van der Waals surface area (Å²) in [6.45, 7) is 8.03. The second kappa shape index (κ2) is 11.0. The van der Waals surface area contributed by atoms with Gasteiger partial charge in [-0.3, -0.25) is 9.78 Å². The fourth-order valence-corrected chi connectivity index (χ4v) is 3.22. The molecule has 0 amide bonds. The van der Waals surface area contributed by atoms with E-state index in [9.17, 15) is 4.79 Å². The third kappa shape index (κ3) is 7.00. The SMILES string of the molecule is CC(C)(C)n1ncc(OCc2ccc(COCCOC3CCCCO3)nc2)c(Cl)c1=O. The fraction of sp³-hybridized carbons (Fsp3) is 0.591. The van der Waals surface area contributed by atoms with Gasteiger partial charge in [-0.25, -0.2) is 4.68 Å². The van der Waals surface area contributed by atoms with Crippen LogP contribution < -0.4 is 10.3 Å². The van der Waals surface area contributed by atoms with Crippen LogP contribution in [0.2, 0.25) is 5.02 Å². The van der Waals surface area contributed by atoms with Crippen molar-refractivity contribution in [2.45, 2.75) is 65.1 Å². The summed E-state index contributed by atoms with van der Waals surface area (Å²) in [7, 11) is 0. The molecule has 0 saturated carbocycles. The molecule has 1 saturated heterocycles. The summed E-state index contributed by atoms with van der Waals surface area (Å²) in [6.07, 6.45) is 6.28. The summed E-state index contributed by atoms with van der Waals surface area (Å²) >= 11 is 6.18. The molecule has 0 bridgehead atoms.